The van der Waals surface area contributed by atoms with E-state index in [2.05, 4.69) is 16.5 Å². The Hall–Kier alpha value is -1.77. The molecular weight excluding hydrogens is 198 g/mol. The predicted molar refractivity (Wildman–Crippen MR) is 67.0 cm³/mol. The van der Waals surface area contributed by atoms with Gasteiger partial charge in [0.05, 0.1) is 0 Å². The van der Waals surface area contributed by atoms with Crippen molar-refractivity contribution in [3.8, 4) is 11.4 Å². The third-order valence-corrected chi connectivity index (χ3v) is 2.64. The zero-order valence-electron chi connectivity index (χ0n) is 9.56. The summed E-state index contributed by atoms with van der Waals surface area (Å²) >= 11 is 0. The largest absolute Gasteiger partial charge is 0.399 e. The molecule has 0 amide bonds. The molecule has 2 N–H and O–H groups in total. The molecule has 0 saturated carbocycles. The highest BCUT2D eigenvalue weighted by molar-refractivity contribution is 5.59. The number of aryl methyl sites for hydroxylation is 1. The lowest BCUT2D eigenvalue weighted by molar-refractivity contribution is 0.637. The summed E-state index contributed by atoms with van der Waals surface area (Å²) in [5.74, 6) is 1.02. The molecule has 0 radical (unpaired) electrons. The van der Waals surface area contributed by atoms with Gasteiger partial charge in [-0.2, -0.15) is 0 Å². The molecule has 1 aromatic heterocycles. The highest BCUT2D eigenvalue weighted by atomic mass is 15.1. The lowest BCUT2D eigenvalue weighted by Gasteiger charge is -2.07. The Kier molecular flexibility index (Phi) is 3.25. The second-order valence-electron chi connectivity index (χ2n) is 3.92. The molecule has 0 fully saturated rings. The van der Waals surface area contributed by atoms with E-state index in [-0.39, 0.29) is 0 Å². The monoisotopic (exact) mass is 215 g/mol. The standard InChI is InChI=1S/C13H17N3/c1-2-3-9-16-10-8-15-13(16)11-4-6-12(14)7-5-11/h4-8,10H,2-3,9,14H2,1H3. The number of nitrogens with two attached hydrogens (primary N) is 1. The third-order valence-electron chi connectivity index (χ3n) is 2.64. The van der Waals surface area contributed by atoms with Gasteiger partial charge in [0.25, 0.3) is 0 Å². The van der Waals surface area contributed by atoms with E-state index in [4.69, 9.17) is 5.73 Å². The van der Waals surface area contributed by atoms with Crippen LogP contribution in [-0.2, 0) is 6.54 Å². The fourth-order valence-electron chi connectivity index (χ4n) is 1.71. The van der Waals surface area contributed by atoms with Gasteiger partial charge in [0.2, 0.25) is 0 Å². The van der Waals surface area contributed by atoms with Crippen molar-refractivity contribution in [1.29, 1.82) is 0 Å². The number of rotatable bonds is 4. The molecule has 0 bridgehead atoms. The fraction of sp³-hybridized carbons (Fsp3) is 0.308. The summed E-state index contributed by atoms with van der Waals surface area (Å²) in [6.07, 6.45) is 6.25. The Morgan fingerprint density at radius 1 is 1.25 bits per heavy atom. The van der Waals surface area contributed by atoms with Crippen molar-refractivity contribution in [3.63, 3.8) is 0 Å². The van der Waals surface area contributed by atoms with E-state index in [1.807, 2.05) is 36.7 Å². The topological polar surface area (TPSA) is 43.8 Å². The van der Waals surface area contributed by atoms with Crippen molar-refractivity contribution in [2.75, 3.05) is 5.73 Å². The Balaban J connectivity index is 2.26. The van der Waals surface area contributed by atoms with E-state index >= 15 is 0 Å². The number of anilines is 1. The minimum Gasteiger partial charge on any atom is -0.399 e. The average molecular weight is 215 g/mol. The Labute approximate surface area is 95.9 Å². The quantitative estimate of drug-likeness (QED) is 0.797. The normalized spacial score (nSPS) is 10.6. The van der Waals surface area contributed by atoms with E-state index in [0.717, 1.165) is 23.6 Å². The molecule has 1 aromatic carbocycles. The number of aromatic nitrogens is 2. The van der Waals surface area contributed by atoms with Crippen molar-refractivity contribution < 1.29 is 0 Å². The van der Waals surface area contributed by atoms with Crippen molar-refractivity contribution in [2.24, 2.45) is 0 Å². The summed E-state index contributed by atoms with van der Waals surface area (Å²) in [6, 6.07) is 7.85. The number of benzene rings is 1. The van der Waals surface area contributed by atoms with Crippen molar-refractivity contribution in [1.82, 2.24) is 9.55 Å². The number of unbranched alkanes of at least 4 members (excludes halogenated alkanes) is 1. The van der Waals surface area contributed by atoms with Gasteiger partial charge in [-0.1, -0.05) is 13.3 Å². The van der Waals surface area contributed by atoms with Crippen LogP contribution < -0.4 is 5.73 Å². The summed E-state index contributed by atoms with van der Waals surface area (Å²) in [7, 11) is 0. The molecule has 84 valence electrons. The molecule has 0 unspecified atom stereocenters. The molecule has 3 nitrogen and oxygen atoms in total. The van der Waals surface area contributed by atoms with Crippen LogP contribution in [0.3, 0.4) is 0 Å². The van der Waals surface area contributed by atoms with Crippen LogP contribution in [0.1, 0.15) is 19.8 Å². The predicted octanol–water partition coefficient (Wildman–Crippen LogP) is 2.93. The van der Waals surface area contributed by atoms with Crippen molar-refractivity contribution >= 4 is 5.69 Å². The highest BCUT2D eigenvalue weighted by Gasteiger charge is 2.04. The van der Waals surface area contributed by atoms with Crippen LogP contribution in [0.15, 0.2) is 36.7 Å². The fourth-order valence-corrected chi connectivity index (χ4v) is 1.71. The summed E-state index contributed by atoms with van der Waals surface area (Å²) in [5, 5.41) is 0. The van der Waals surface area contributed by atoms with Crippen LogP contribution in [0.2, 0.25) is 0 Å². The number of nitrogens with zero attached hydrogens (tertiary/aromatic N) is 2. The van der Waals surface area contributed by atoms with Gasteiger partial charge in [-0.25, -0.2) is 4.98 Å². The molecule has 0 saturated heterocycles. The summed E-state index contributed by atoms with van der Waals surface area (Å²) in [4.78, 5) is 4.39. The molecule has 0 aliphatic heterocycles. The van der Waals surface area contributed by atoms with Crippen molar-refractivity contribution in [3.05, 3.63) is 36.7 Å². The van der Waals surface area contributed by atoms with Gasteiger partial charge in [0.15, 0.2) is 0 Å². The number of nitrogen functional groups attached to an aromatic ring is 1. The molecule has 16 heavy (non-hydrogen) atoms. The van der Waals surface area contributed by atoms with E-state index < -0.39 is 0 Å². The maximum Gasteiger partial charge on any atom is 0.139 e. The van der Waals surface area contributed by atoms with Gasteiger partial charge in [-0.3, -0.25) is 0 Å². The van der Waals surface area contributed by atoms with E-state index in [0.29, 0.717) is 0 Å². The van der Waals surface area contributed by atoms with E-state index in [9.17, 15) is 0 Å². The van der Waals surface area contributed by atoms with Gasteiger partial charge in [0, 0.05) is 30.2 Å². The minimum atomic E-state index is 0.787. The third kappa shape index (κ3) is 2.24. The van der Waals surface area contributed by atoms with Gasteiger partial charge in [-0.05, 0) is 30.7 Å². The zero-order chi connectivity index (χ0) is 11.4. The number of imidazole rings is 1. The first-order valence-corrected chi connectivity index (χ1v) is 5.68. The van der Waals surface area contributed by atoms with Crippen LogP contribution in [-0.4, -0.2) is 9.55 Å². The van der Waals surface area contributed by atoms with Gasteiger partial charge in [0.1, 0.15) is 5.82 Å². The second-order valence-corrected chi connectivity index (χ2v) is 3.92. The second kappa shape index (κ2) is 4.84. The van der Waals surface area contributed by atoms with Crippen LogP contribution in [0.5, 0.6) is 0 Å². The first kappa shape index (κ1) is 10.7. The Morgan fingerprint density at radius 2 is 2.00 bits per heavy atom. The molecule has 0 aliphatic carbocycles. The van der Waals surface area contributed by atoms with Gasteiger partial charge >= 0.3 is 0 Å². The zero-order valence-corrected chi connectivity index (χ0v) is 9.56. The number of hydrogen-bond acceptors (Lipinski definition) is 2. The molecule has 0 spiro atoms. The highest BCUT2D eigenvalue weighted by Crippen LogP contribution is 2.19. The molecule has 2 rings (SSSR count). The molecule has 1 heterocycles. The maximum absolute atomic E-state index is 5.67. The smallest absolute Gasteiger partial charge is 0.139 e. The lowest BCUT2D eigenvalue weighted by atomic mass is 10.2. The van der Waals surface area contributed by atoms with E-state index in [1.165, 1.54) is 12.8 Å². The first-order valence-electron chi connectivity index (χ1n) is 5.68. The summed E-state index contributed by atoms with van der Waals surface area (Å²) in [5.41, 5.74) is 7.58. The van der Waals surface area contributed by atoms with Crippen molar-refractivity contribution in [2.45, 2.75) is 26.3 Å². The van der Waals surface area contributed by atoms with Gasteiger partial charge in [-0.15, -0.1) is 0 Å². The van der Waals surface area contributed by atoms with Crippen LogP contribution >= 0.6 is 0 Å². The van der Waals surface area contributed by atoms with E-state index in [1.54, 1.807) is 0 Å². The summed E-state index contributed by atoms with van der Waals surface area (Å²) in [6.45, 7) is 3.22. The Bertz CT molecular complexity index is 442. The molecule has 0 atom stereocenters. The first-order chi connectivity index (χ1) is 7.81. The van der Waals surface area contributed by atoms with Crippen LogP contribution in [0, 0.1) is 0 Å². The SMILES string of the molecule is CCCCn1ccnc1-c1ccc(N)cc1. The van der Waals surface area contributed by atoms with Crippen LogP contribution in [0.25, 0.3) is 11.4 Å². The lowest BCUT2D eigenvalue weighted by Crippen LogP contribution is -1.99. The molecule has 0 aliphatic rings. The Morgan fingerprint density at radius 3 is 2.69 bits per heavy atom. The maximum atomic E-state index is 5.67. The molecule has 3 heteroatoms. The van der Waals surface area contributed by atoms with Gasteiger partial charge < -0.3 is 10.3 Å². The van der Waals surface area contributed by atoms with Crippen LogP contribution in [0.4, 0.5) is 5.69 Å². The average Bonchev–Trinajstić information content (AvgIpc) is 2.75. The summed E-state index contributed by atoms with van der Waals surface area (Å²) < 4.78 is 2.19. The molecule has 2 aromatic rings. The number of hydrogen-bond donors (Lipinski definition) is 1. The molecular formula is C13H17N3. The minimum absolute atomic E-state index is 0.787.